The van der Waals surface area contributed by atoms with Gasteiger partial charge in [-0.2, -0.15) is 0 Å². The Morgan fingerprint density at radius 1 is 1.23 bits per heavy atom. The Morgan fingerprint density at radius 2 is 1.38 bits per heavy atom. The van der Waals surface area contributed by atoms with Crippen molar-refractivity contribution in [3.8, 4) is 11.1 Å². The summed E-state index contributed by atoms with van der Waals surface area (Å²) in [5.74, 6) is 0. The predicted octanol–water partition coefficient (Wildman–Crippen LogP) is 2.99. The Balaban J connectivity index is 0.000000184. The first-order valence-corrected chi connectivity index (χ1v) is 3.35. The Kier molecular flexibility index (Phi) is 4.95. The zero-order valence-corrected chi connectivity index (χ0v) is 6.77. The number of carbonyl (C=O) groups is 1. The standard InChI is InChI=1S/C6H4.C2H3F.CH2O3/c1-2-6-4-3-5(1)6;1-2-3;2-1(3)4/h1-4H;2H,1H2;(H2,2,3,4). The molecule has 0 aromatic heterocycles. The average molecular weight is 184 g/mol. The molecule has 4 heteroatoms. The maximum atomic E-state index is 10.1. The molecule has 0 aromatic carbocycles. The highest BCUT2D eigenvalue weighted by atomic mass is 19.1. The molecular weight excluding hydrogens is 175 g/mol. The summed E-state index contributed by atoms with van der Waals surface area (Å²) in [4.78, 5) is 8.56. The maximum absolute atomic E-state index is 10.1. The lowest BCUT2D eigenvalue weighted by atomic mass is 9.95. The van der Waals surface area contributed by atoms with E-state index >= 15 is 0 Å². The topological polar surface area (TPSA) is 57.5 Å². The summed E-state index contributed by atoms with van der Waals surface area (Å²) in [6, 6.07) is 8.48. The van der Waals surface area contributed by atoms with Gasteiger partial charge in [-0.25, -0.2) is 9.18 Å². The molecular formula is C9H9FO3. The van der Waals surface area contributed by atoms with Crippen LogP contribution in [0.4, 0.5) is 9.18 Å². The molecule has 0 atom stereocenters. The molecule has 2 rings (SSSR count). The van der Waals surface area contributed by atoms with Gasteiger partial charge in [0.25, 0.3) is 0 Å². The van der Waals surface area contributed by atoms with Crippen molar-refractivity contribution in [3.05, 3.63) is 37.2 Å². The van der Waals surface area contributed by atoms with Crippen LogP contribution < -0.4 is 0 Å². The quantitative estimate of drug-likeness (QED) is 0.661. The van der Waals surface area contributed by atoms with Gasteiger partial charge in [-0.15, -0.1) is 0 Å². The third-order valence-corrected chi connectivity index (χ3v) is 1.22. The fourth-order valence-corrected chi connectivity index (χ4v) is 0.663. The first kappa shape index (κ1) is 11.2. The first-order valence-electron chi connectivity index (χ1n) is 3.35. The second kappa shape index (κ2) is 5.77. The van der Waals surface area contributed by atoms with Crippen LogP contribution in [0.5, 0.6) is 0 Å². The van der Waals surface area contributed by atoms with E-state index in [2.05, 4.69) is 30.8 Å². The average Bonchev–Trinajstić information content (AvgIpc) is 1.97. The molecule has 70 valence electrons. The Bertz CT molecular complexity index is 254. The number of rotatable bonds is 0. The molecule has 2 N–H and O–H groups in total. The van der Waals surface area contributed by atoms with E-state index in [-0.39, 0.29) is 6.33 Å². The minimum absolute atomic E-state index is 0.250. The van der Waals surface area contributed by atoms with E-state index < -0.39 is 6.16 Å². The molecule has 0 aromatic rings. The second-order valence-corrected chi connectivity index (χ2v) is 2.01. The van der Waals surface area contributed by atoms with Crippen molar-refractivity contribution < 1.29 is 19.4 Å². The van der Waals surface area contributed by atoms with E-state index in [0.717, 1.165) is 0 Å². The molecule has 0 radical (unpaired) electrons. The number of hydrogen-bond donors (Lipinski definition) is 2. The minimum Gasteiger partial charge on any atom is -0.450 e. The number of carboxylic acid groups (broad SMARTS) is 2. The van der Waals surface area contributed by atoms with Crippen LogP contribution >= 0.6 is 0 Å². The van der Waals surface area contributed by atoms with Gasteiger partial charge in [0, 0.05) is 0 Å². The molecule has 0 heterocycles. The van der Waals surface area contributed by atoms with Crippen molar-refractivity contribution in [1.82, 2.24) is 0 Å². The highest BCUT2D eigenvalue weighted by Gasteiger charge is 2.03. The fraction of sp³-hybridized carbons (Fsp3) is 0. The van der Waals surface area contributed by atoms with Crippen molar-refractivity contribution in [2.24, 2.45) is 0 Å². The molecule has 0 unspecified atom stereocenters. The van der Waals surface area contributed by atoms with Crippen molar-refractivity contribution in [1.29, 1.82) is 0 Å². The lowest BCUT2D eigenvalue weighted by Crippen LogP contribution is -1.85. The van der Waals surface area contributed by atoms with Gasteiger partial charge in [0.05, 0.1) is 6.33 Å². The Morgan fingerprint density at radius 3 is 1.38 bits per heavy atom. The van der Waals surface area contributed by atoms with E-state index in [1.807, 2.05) is 0 Å². The summed E-state index contributed by atoms with van der Waals surface area (Å²) < 4.78 is 10.1. The van der Waals surface area contributed by atoms with Gasteiger partial charge >= 0.3 is 6.16 Å². The van der Waals surface area contributed by atoms with Gasteiger partial charge in [-0.1, -0.05) is 30.8 Å². The Hall–Kier alpha value is -1.84. The maximum Gasteiger partial charge on any atom is 0.503 e. The molecule has 0 spiro atoms. The number of hydrogen-bond acceptors (Lipinski definition) is 1. The summed E-state index contributed by atoms with van der Waals surface area (Å²) in [5, 5.41) is 13.9. The molecule has 0 saturated carbocycles. The van der Waals surface area contributed by atoms with Crippen LogP contribution in [-0.2, 0) is 0 Å². The molecule has 0 aliphatic heterocycles. The van der Waals surface area contributed by atoms with Gasteiger partial charge in [0.1, 0.15) is 0 Å². The first-order chi connectivity index (χ1) is 6.11. The van der Waals surface area contributed by atoms with Crippen molar-refractivity contribution in [2.75, 3.05) is 0 Å². The number of benzene rings is 1. The third-order valence-electron chi connectivity index (χ3n) is 1.22. The van der Waals surface area contributed by atoms with Gasteiger partial charge in [0.2, 0.25) is 0 Å². The zero-order chi connectivity index (χ0) is 10.3. The summed E-state index contributed by atoms with van der Waals surface area (Å²) in [6.45, 7) is 2.69. The van der Waals surface area contributed by atoms with Gasteiger partial charge in [0.15, 0.2) is 0 Å². The SMILES string of the molecule is C=CF.O=C(O)O.c1cc2ccc1-2. The van der Waals surface area contributed by atoms with Crippen molar-refractivity contribution in [3.63, 3.8) is 0 Å². The molecule has 3 nitrogen and oxygen atoms in total. The Labute approximate surface area is 74.8 Å². The van der Waals surface area contributed by atoms with Crippen LogP contribution in [0, 0.1) is 0 Å². The number of halogens is 1. The van der Waals surface area contributed by atoms with E-state index in [0.29, 0.717) is 0 Å². The summed E-state index contributed by atoms with van der Waals surface area (Å²) in [5.41, 5.74) is 2.85. The normalized spacial score (nSPS) is 8.08. The highest BCUT2D eigenvalue weighted by Crippen LogP contribution is 2.29. The highest BCUT2D eigenvalue weighted by molar-refractivity contribution is 5.75. The molecule has 0 bridgehead atoms. The van der Waals surface area contributed by atoms with Gasteiger partial charge in [-0.3, -0.25) is 0 Å². The van der Waals surface area contributed by atoms with E-state index in [1.165, 1.54) is 11.1 Å². The third kappa shape index (κ3) is 4.58. The van der Waals surface area contributed by atoms with E-state index in [4.69, 9.17) is 15.0 Å². The smallest absolute Gasteiger partial charge is 0.450 e. The fourth-order valence-electron chi connectivity index (χ4n) is 0.663. The van der Waals surface area contributed by atoms with Gasteiger partial charge in [-0.05, 0) is 11.1 Å². The molecule has 2 aliphatic rings. The summed E-state index contributed by atoms with van der Waals surface area (Å²) in [6.07, 6.45) is -1.58. The minimum atomic E-state index is -1.83. The zero-order valence-electron chi connectivity index (χ0n) is 6.77. The van der Waals surface area contributed by atoms with Crippen LogP contribution in [0.1, 0.15) is 0 Å². The summed E-state index contributed by atoms with van der Waals surface area (Å²) in [7, 11) is 0. The molecule has 13 heavy (non-hydrogen) atoms. The molecule has 0 saturated heterocycles. The van der Waals surface area contributed by atoms with Crippen LogP contribution in [0.3, 0.4) is 0 Å². The van der Waals surface area contributed by atoms with Crippen LogP contribution in [0.2, 0.25) is 0 Å². The second-order valence-electron chi connectivity index (χ2n) is 2.01. The molecule has 0 fully saturated rings. The number of fused-ring (bicyclic) bond motifs is 1. The predicted molar refractivity (Wildman–Crippen MR) is 47.4 cm³/mol. The van der Waals surface area contributed by atoms with Crippen LogP contribution in [0.25, 0.3) is 11.1 Å². The lowest BCUT2D eigenvalue weighted by Gasteiger charge is -2.10. The summed E-state index contributed by atoms with van der Waals surface area (Å²) >= 11 is 0. The van der Waals surface area contributed by atoms with E-state index in [1.54, 1.807) is 0 Å². The molecule has 2 aliphatic carbocycles. The largest absolute Gasteiger partial charge is 0.503 e. The van der Waals surface area contributed by atoms with E-state index in [9.17, 15) is 4.39 Å². The van der Waals surface area contributed by atoms with Crippen molar-refractivity contribution in [2.45, 2.75) is 0 Å². The van der Waals surface area contributed by atoms with Crippen LogP contribution in [-0.4, -0.2) is 16.4 Å². The van der Waals surface area contributed by atoms with Crippen molar-refractivity contribution >= 4 is 6.16 Å². The monoisotopic (exact) mass is 184 g/mol. The van der Waals surface area contributed by atoms with Gasteiger partial charge < -0.3 is 10.2 Å². The van der Waals surface area contributed by atoms with Crippen LogP contribution in [0.15, 0.2) is 37.2 Å². The lowest BCUT2D eigenvalue weighted by molar-refractivity contribution is 0.137. The molecule has 0 amide bonds.